The fourth-order valence-electron chi connectivity index (χ4n) is 3.42. The number of anilines is 1. The second kappa shape index (κ2) is 7.15. The highest BCUT2D eigenvalue weighted by atomic mass is 16.2. The number of likely N-dealkylation sites (tertiary alicyclic amines) is 1. The predicted molar refractivity (Wildman–Crippen MR) is 90.4 cm³/mol. The third-order valence-corrected chi connectivity index (χ3v) is 4.61. The molecule has 3 rings (SSSR count). The molecule has 0 N–H and O–H groups in total. The van der Waals surface area contributed by atoms with Gasteiger partial charge in [-0.3, -0.25) is 14.6 Å². The molecule has 2 aliphatic rings. The van der Waals surface area contributed by atoms with Crippen molar-refractivity contribution in [1.82, 2.24) is 19.8 Å². The maximum atomic E-state index is 12.7. The third kappa shape index (κ3) is 3.66. The molecule has 0 aliphatic carbocycles. The summed E-state index contributed by atoms with van der Waals surface area (Å²) in [5, 5.41) is 0. The van der Waals surface area contributed by atoms with E-state index in [9.17, 15) is 9.59 Å². The zero-order valence-corrected chi connectivity index (χ0v) is 14.4. The minimum absolute atomic E-state index is 0.111. The van der Waals surface area contributed by atoms with Crippen molar-refractivity contribution < 1.29 is 9.59 Å². The lowest BCUT2D eigenvalue weighted by Gasteiger charge is -2.36. The average molecular weight is 331 g/mol. The maximum Gasteiger partial charge on any atom is 0.228 e. The number of aromatic nitrogens is 2. The molecule has 0 spiro atoms. The van der Waals surface area contributed by atoms with Gasteiger partial charge < -0.3 is 14.7 Å². The van der Waals surface area contributed by atoms with Crippen molar-refractivity contribution in [1.29, 1.82) is 0 Å². The number of amides is 2. The summed E-state index contributed by atoms with van der Waals surface area (Å²) in [5.74, 6) is 1.33. The molecule has 1 atom stereocenters. The van der Waals surface area contributed by atoms with E-state index in [0.717, 1.165) is 25.5 Å². The van der Waals surface area contributed by atoms with Gasteiger partial charge in [-0.25, -0.2) is 4.98 Å². The number of carbonyl (C=O) groups is 2. The lowest BCUT2D eigenvalue weighted by Crippen LogP contribution is -2.51. The summed E-state index contributed by atoms with van der Waals surface area (Å²) in [6.07, 6.45) is 5.44. The highest BCUT2D eigenvalue weighted by Crippen LogP contribution is 2.22. The Morgan fingerprint density at radius 2 is 2.00 bits per heavy atom. The van der Waals surface area contributed by atoms with Gasteiger partial charge in [-0.15, -0.1) is 0 Å². The van der Waals surface area contributed by atoms with E-state index in [-0.39, 0.29) is 17.7 Å². The summed E-state index contributed by atoms with van der Waals surface area (Å²) in [7, 11) is 0. The van der Waals surface area contributed by atoms with Gasteiger partial charge in [0.25, 0.3) is 0 Å². The lowest BCUT2D eigenvalue weighted by atomic mass is 10.1. The molecule has 2 aliphatic heterocycles. The van der Waals surface area contributed by atoms with Crippen molar-refractivity contribution in [2.24, 2.45) is 11.8 Å². The van der Waals surface area contributed by atoms with E-state index in [1.807, 2.05) is 9.80 Å². The summed E-state index contributed by atoms with van der Waals surface area (Å²) in [4.78, 5) is 39.1. The number of carbonyl (C=O) groups excluding carboxylic acids is 2. The number of nitrogens with zero attached hydrogens (tertiary/aromatic N) is 5. The molecule has 0 bridgehead atoms. The Kier molecular flexibility index (Phi) is 4.97. The summed E-state index contributed by atoms with van der Waals surface area (Å²) in [6.45, 7) is 8.34. The van der Waals surface area contributed by atoms with Crippen molar-refractivity contribution in [3.63, 3.8) is 0 Å². The molecule has 130 valence electrons. The first-order valence-electron chi connectivity index (χ1n) is 8.62. The third-order valence-electron chi connectivity index (χ3n) is 4.61. The van der Waals surface area contributed by atoms with E-state index in [2.05, 4.69) is 28.7 Å². The van der Waals surface area contributed by atoms with Crippen molar-refractivity contribution >= 4 is 17.6 Å². The van der Waals surface area contributed by atoms with E-state index in [0.29, 0.717) is 32.0 Å². The van der Waals surface area contributed by atoms with Crippen molar-refractivity contribution in [3.05, 3.63) is 18.6 Å². The van der Waals surface area contributed by atoms with Crippen LogP contribution in [0.2, 0.25) is 0 Å². The van der Waals surface area contributed by atoms with Crippen LogP contribution >= 0.6 is 0 Å². The molecule has 2 fully saturated rings. The van der Waals surface area contributed by atoms with Crippen LogP contribution in [0.3, 0.4) is 0 Å². The highest BCUT2D eigenvalue weighted by Gasteiger charge is 2.37. The summed E-state index contributed by atoms with van der Waals surface area (Å²) in [5.41, 5.74) is 0. The lowest BCUT2D eigenvalue weighted by molar-refractivity contribution is -0.136. The van der Waals surface area contributed by atoms with Crippen LogP contribution in [-0.4, -0.2) is 70.9 Å². The van der Waals surface area contributed by atoms with Crippen LogP contribution < -0.4 is 4.90 Å². The standard InChI is InChI=1S/C17H25N5O2/c1-13(2)11-22-12-14(9-16(22)23)17(24)21-7-5-20(6-8-21)15-10-18-3-4-19-15/h3-4,10,13-14H,5-9,11-12H2,1-2H3. The van der Waals surface area contributed by atoms with Gasteiger partial charge in [0.2, 0.25) is 11.8 Å². The monoisotopic (exact) mass is 331 g/mol. The van der Waals surface area contributed by atoms with E-state index >= 15 is 0 Å². The number of hydrogen-bond donors (Lipinski definition) is 0. The second-order valence-electron chi connectivity index (χ2n) is 6.97. The molecule has 7 nitrogen and oxygen atoms in total. The summed E-state index contributed by atoms with van der Waals surface area (Å²) < 4.78 is 0. The minimum atomic E-state index is -0.181. The van der Waals surface area contributed by atoms with Gasteiger partial charge in [-0.1, -0.05) is 13.8 Å². The molecule has 7 heteroatoms. The van der Waals surface area contributed by atoms with E-state index < -0.39 is 0 Å². The zero-order valence-electron chi connectivity index (χ0n) is 14.4. The average Bonchev–Trinajstić information content (AvgIpc) is 2.95. The van der Waals surface area contributed by atoms with Gasteiger partial charge in [0.05, 0.1) is 12.1 Å². The van der Waals surface area contributed by atoms with E-state index in [4.69, 9.17) is 0 Å². The Bertz CT molecular complexity index is 584. The molecule has 2 amide bonds. The fourth-order valence-corrected chi connectivity index (χ4v) is 3.42. The first-order valence-corrected chi connectivity index (χ1v) is 8.62. The van der Waals surface area contributed by atoms with Gasteiger partial charge in [-0.05, 0) is 5.92 Å². The van der Waals surface area contributed by atoms with Crippen LogP contribution in [-0.2, 0) is 9.59 Å². The van der Waals surface area contributed by atoms with Crippen molar-refractivity contribution in [2.45, 2.75) is 20.3 Å². The van der Waals surface area contributed by atoms with Gasteiger partial charge >= 0.3 is 0 Å². The molecular weight excluding hydrogens is 306 g/mol. The molecule has 3 heterocycles. The smallest absolute Gasteiger partial charge is 0.228 e. The van der Waals surface area contributed by atoms with Crippen LogP contribution in [0.4, 0.5) is 5.82 Å². The largest absolute Gasteiger partial charge is 0.352 e. The Morgan fingerprint density at radius 1 is 1.25 bits per heavy atom. The molecule has 1 aromatic rings. The summed E-state index contributed by atoms with van der Waals surface area (Å²) in [6, 6.07) is 0. The zero-order chi connectivity index (χ0) is 17.1. The molecule has 1 aromatic heterocycles. The first-order chi connectivity index (χ1) is 11.5. The van der Waals surface area contributed by atoms with Gasteiger partial charge in [-0.2, -0.15) is 0 Å². The molecule has 1 unspecified atom stereocenters. The predicted octanol–water partition coefficient (Wildman–Crippen LogP) is 0.630. The number of piperazine rings is 1. The Labute approximate surface area is 142 Å². The SMILES string of the molecule is CC(C)CN1CC(C(=O)N2CCN(c3cnccn3)CC2)CC1=O. The number of hydrogen-bond acceptors (Lipinski definition) is 5. The van der Waals surface area contributed by atoms with Crippen LogP contribution in [0.5, 0.6) is 0 Å². The molecule has 0 saturated carbocycles. The topological polar surface area (TPSA) is 69.6 Å². The maximum absolute atomic E-state index is 12.7. The molecule has 2 saturated heterocycles. The Balaban J connectivity index is 1.53. The van der Waals surface area contributed by atoms with E-state index in [1.165, 1.54) is 0 Å². The highest BCUT2D eigenvalue weighted by molar-refractivity contribution is 5.89. The van der Waals surface area contributed by atoms with Crippen molar-refractivity contribution in [3.8, 4) is 0 Å². The first kappa shape index (κ1) is 16.7. The Morgan fingerprint density at radius 3 is 2.62 bits per heavy atom. The van der Waals surface area contributed by atoms with E-state index in [1.54, 1.807) is 18.6 Å². The van der Waals surface area contributed by atoms with Crippen LogP contribution in [0.25, 0.3) is 0 Å². The van der Waals surface area contributed by atoms with Crippen LogP contribution in [0.1, 0.15) is 20.3 Å². The molecule has 0 radical (unpaired) electrons. The van der Waals surface area contributed by atoms with Crippen molar-refractivity contribution in [2.75, 3.05) is 44.2 Å². The Hall–Kier alpha value is -2.18. The summed E-state index contributed by atoms with van der Waals surface area (Å²) >= 11 is 0. The molecular formula is C17H25N5O2. The van der Waals surface area contributed by atoms with Gasteiger partial charge in [0, 0.05) is 58.1 Å². The second-order valence-corrected chi connectivity index (χ2v) is 6.97. The fraction of sp³-hybridized carbons (Fsp3) is 0.647. The molecule has 24 heavy (non-hydrogen) atoms. The van der Waals surface area contributed by atoms with Gasteiger partial charge in [0.15, 0.2) is 0 Å². The van der Waals surface area contributed by atoms with Gasteiger partial charge in [0.1, 0.15) is 5.82 Å². The van der Waals surface area contributed by atoms with Crippen LogP contribution in [0, 0.1) is 11.8 Å². The number of rotatable bonds is 4. The normalized spacial score (nSPS) is 21.7. The molecule has 0 aromatic carbocycles. The minimum Gasteiger partial charge on any atom is -0.352 e. The quantitative estimate of drug-likeness (QED) is 0.809. The van der Waals surface area contributed by atoms with Crippen LogP contribution in [0.15, 0.2) is 18.6 Å².